The first kappa shape index (κ1) is 19.7. The number of phenols is 1. The second-order valence-corrected chi connectivity index (χ2v) is 7.60. The van der Waals surface area contributed by atoms with E-state index in [2.05, 4.69) is 11.1 Å². The average Bonchev–Trinajstić information content (AvgIpc) is 3.18. The first-order valence-electron chi connectivity index (χ1n) is 9.65. The van der Waals surface area contributed by atoms with Gasteiger partial charge in [0.05, 0.1) is 0 Å². The number of hydrogen-bond donors (Lipinski definition) is 2. The molecule has 6 nitrogen and oxygen atoms in total. The lowest BCUT2D eigenvalue weighted by atomic mass is 9.99. The van der Waals surface area contributed by atoms with Crippen molar-refractivity contribution in [3.05, 3.63) is 71.2 Å². The predicted molar refractivity (Wildman–Crippen MR) is 113 cm³/mol. The summed E-state index contributed by atoms with van der Waals surface area (Å²) in [6.45, 7) is 0.939. The van der Waals surface area contributed by atoms with Crippen molar-refractivity contribution in [2.75, 3.05) is 27.2 Å². The van der Waals surface area contributed by atoms with Gasteiger partial charge in [0.2, 0.25) is 0 Å². The summed E-state index contributed by atoms with van der Waals surface area (Å²) in [4.78, 5) is 31.3. The van der Waals surface area contributed by atoms with Gasteiger partial charge in [0.1, 0.15) is 5.69 Å². The molecule has 0 saturated heterocycles. The van der Waals surface area contributed by atoms with Gasteiger partial charge >= 0.3 is 0 Å². The van der Waals surface area contributed by atoms with Crippen LogP contribution in [0.3, 0.4) is 0 Å². The van der Waals surface area contributed by atoms with Crippen LogP contribution in [0.25, 0.3) is 16.5 Å². The van der Waals surface area contributed by atoms with Crippen molar-refractivity contribution in [2.45, 2.75) is 6.42 Å². The van der Waals surface area contributed by atoms with Crippen molar-refractivity contribution in [3.8, 4) is 5.75 Å². The van der Waals surface area contributed by atoms with E-state index in [1.54, 1.807) is 19.0 Å². The molecule has 0 fully saturated rings. The van der Waals surface area contributed by atoms with Crippen molar-refractivity contribution in [1.82, 2.24) is 14.8 Å². The number of hydrogen-bond acceptors (Lipinski definition) is 3. The number of benzene rings is 2. The van der Waals surface area contributed by atoms with Gasteiger partial charge in [0.25, 0.3) is 11.8 Å². The van der Waals surface area contributed by atoms with Crippen LogP contribution in [0.1, 0.15) is 32.8 Å². The molecule has 0 atom stereocenters. The molecule has 1 aliphatic heterocycles. The Hall–Kier alpha value is -3.61. The maximum Gasteiger partial charge on any atom is 0.269 e. The summed E-state index contributed by atoms with van der Waals surface area (Å²) >= 11 is 0. The summed E-state index contributed by atoms with van der Waals surface area (Å²) in [6, 6.07) is 11.4. The van der Waals surface area contributed by atoms with E-state index in [1.807, 2.05) is 24.3 Å². The molecule has 0 radical (unpaired) electrons. The summed E-state index contributed by atoms with van der Waals surface area (Å²) in [5.41, 5.74) is 3.53. The Morgan fingerprint density at radius 1 is 1.13 bits per heavy atom. The number of aromatic hydroxyl groups is 1. The lowest BCUT2D eigenvalue weighted by Crippen LogP contribution is -2.35. The van der Waals surface area contributed by atoms with Gasteiger partial charge in [-0.3, -0.25) is 9.59 Å². The van der Waals surface area contributed by atoms with Gasteiger partial charge < -0.3 is 19.9 Å². The standard InChI is InChI=1S/C23H22FN3O3/c1-26(2)23(30)20-12-15-6-5-14(11-19(15)25-20)17-4-3-9-27(13-17)22(29)16-7-8-21(28)18(24)10-16/h4-8,10-12,25,28H,3,9,13H2,1-2H3. The predicted octanol–water partition coefficient (Wildman–Crippen LogP) is 3.64. The molecule has 7 heteroatoms. The molecule has 0 unspecified atom stereocenters. The summed E-state index contributed by atoms with van der Waals surface area (Å²) < 4.78 is 13.6. The second kappa shape index (κ2) is 7.67. The van der Waals surface area contributed by atoms with Gasteiger partial charge in [-0.05, 0) is 47.9 Å². The Kier molecular flexibility index (Phi) is 5.03. The number of nitrogens with one attached hydrogen (secondary N) is 1. The van der Waals surface area contributed by atoms with E-state index < -0.39 is 11.6 Å². The number of rotatable bonds is 3. The molecular formula is C23H22FN3O3. The number of amides is 2. The lowest BCUT2D eigenvalue weighted by molar-refractivity contribution is 0.0773. The molecule has 4 rings (SSSR count). The Bertz CT molecular complexity index is 1180. The molecule has 30 heavy (non-hydrogen) atoms. The van der Waals surface area contributed by atoms with Crippen LogP contribution in [-0.4, -0.2) is 58.9 Å². The number of carbonyl (C=O) groups excluding carboxylic acids is 2. The third-order valence-corrected chi connectivity index (χ3v) is 5.26. The lowest BCUT2D eigenvalue weighted by Gasteiger charge is -2.28. The molecule has 2 amide bonds. The van der Waals surface area contributed by atoms with Crippen LogP contribution < -0.4 is 0 Å². The van der Waals surface area contributed by atoms with Gasteiger partial charge in [-0.2, -0.15) is 0 Å². The molecule has 0 bridgehead atoms. The van der Waals surface area contributed by atoms with E-state index in [9.17, 15) is 19.1 Å². The Balaban J connectivity index is 1.57. The van der Waals surface area contributed by atoms with Gasteiger partial charge in [-0.15, -0.1) is 0 Å². The number of nitrogens with zero attached hydrogens (tertiary/aromatic N) is 2. The molecule has 2 heterocycles. The SMILES string of the molecule is CN(C)C(=O)c1cc2ccc(C3=CCCN(C(=O)c4ccc(O)c(F)c4)C3)cc2[nH]1. The van der Waals surface area contributed by atoms with Crippen molar-refractivity contribution in [3.63, 3.8) is 0 Å². The maximum absolute atomic E-state index is 13.6. The highest BCUT2D eigenvalue weighted by Crippen LogP contribution is 2.27. The highest BCUT2D eigenvalue weighted by atomic mass is 19.1. The molecule has 1 aromatic heterocycles. The first-order valence-corrected chi connectivity index (χ1v) is 9.65. The largest absolute Gasteiger partial charge is 0.505 e. The highest BCUT2D eigenvalue weighted by Gasteiger charge is 2.22. The van der Waals surface area contributed by atoms with Crippen LogP contribution >= 0.6 is 0 Å². The number of halogens is 1. The zero-order valence-electron chi connectivity index (χ0n) is 16.8. The van der Waals surface area contributed by atoms with Crippen molar-refractivity contribution < 1.29 is 19.1 Å². The Morgan fingerprint density at radius 3 is 2.67 bits per heavy atom. The maximum atomic E-state index is 13.6. The number of phenolic OH excluding ortho intramolecular Hbond substituents is 1. The number of aromatic nitrogens is 1. The van der Waals surface area contributed by atoms with Crippen LogP contribution in [0.4, 0.5) is 4.39 Å². The van der Waals surface area contributed by atoms with Crippen LogP contribution in [-0.2, 0) is 0 Å². The molecule has 154 valence electrons. The van der Waals surface area contributed by atoms with E-state index >= 15 is 0 Å². The van der Waals surface area contributed by atoms with E-state index in [4.69, 9.17) is 0 Å². The van der Waals surface area contributed by atoms with E-state index in [-0.39, 0.29) is 17.4 Å². The quantitative estimate of drug-likeness (QED) is 0.696. The molecule has 2 N–H and O–H groups in total. The van der Waals surface area contributed by atoms with Gasteiger partial charge in [-0.25, -0.2) is 4.39 Å². The minimum atomic E-state index is -0.811. The number of fused-ring (bicyclic) bond motifs is 1. The van der Waals surface area contributed by atoms with E-state index in [0.717, 1.165) is 28.1 Å². The van der Waals surface area contributed by atoms with Crippen LogP contribution in [0.2, 0.25) is 0 Å². The molecule has 3 aromatic rings. The first-order chi connectivity index (χ1) is 14.3. The van der Waals surface area contributed by atoms with E-state index in [1.165, 1.54) is 17.0 Å². The minimum absolute atomic E-state index is 0.0949. The van der Waals surface area contributed by atoms with Crippen molar-refractivity contribution >= 4 is 28.3 Å². The molecule has 0 saturated carbocycles. The zero-order valence-corrected chi connectivity index (χ0v) is 16.8. The summed E-state index contributed by atoms with van der Waals surface area (Å²) in [5, 5.41) is 10.3. The fraction of sp³-hybridized carbons (Fsp3) is 0.217. The van der Waals surface area contributed by atoms with Crippen LogP contribution in [0.15, 0.2) is 48.5 Å². The highest BCUT2D eigenvalue weighted by molar-refractivity contribution is 5.99. The van der Waals surface area contributed by atoms with Crippen LogP contribution in [0, 0.1) is 5.82 Å². The van der Waals surface area contributed by atoms with E-state index in [0.29, 0.717) is 25.2 Å². The fourth-order valence-electron chi connectivity index (χ4n) is 3.63. The zero-order chi connectivity index (χ0) is 21.4. The Labute approximate surface area is 173 Å². The van der Waals surface area contributed by atoms with Crippen LogP contribution in [0.5, 0.6) is 5.75 Å². The smallest absolute Gasteiger partial charge is 0.269 e. The van der Waals surface area contributed by atoms with Gasteiger partial charge in [0, 0.05) is 43.7 Å². The van der Waals surface area contributed by atoms with Gasteiger partial charge in [0.15, 0.2) is 11.6 Å². The summed E-state index contributed by atoms with van der Waals surface area (Å²) in [7, 11) is 3.41. The average molecular weight is 407 g/mol. The molecule has 0 aliphatic carbocycles. The number of aromatic amines is 1. The fourth-order valence-corrected chi connectivity index (χ4v) is 3.63. The summed E-state index contributed by atoms with van der Waals surface area (Å²) in [5.74, 6) is -1.66. The number of H-pyrrole nitrogens is 1. The van der Waals surface area contributed by atoms with Gasteiger partial charge in [-0.1, -0.05) is 18.2 Å². The Morgan fingerprint density at radius 2 is 1.93 bits per heavy atom. The monoisotopic (exact) mass is 407 g/mol. The molecule has 1 aliphatic rings. The second-order valence-electron chi connectivity index (χ2n) is 7.60. The molecule has 0 spiro atoms. The number of carbonyl (C=O) groups is 2. The topological polar surface area (TPSA) is 76.6 Å². The molecule has 2 aromatic carbocycles. The minimum Gasteiger partial charge on any atom is -0.505 e. The third kappa shape index (κ3) is 3.66. The van der Waals surface area contributed by atoms with Crippen molar-refractivity contribution in [1.29, 1.82) is 0 Å². The van der Waals surface area contributed by atoms with Crippen molar-refractivity contribution in [2.24, 2.45) is 0 Å². The molecular weight excluding hydrogens is 385 g/mol. The summed E-state index contributed by atoms with van der Waals surface area (Å²) in [6.07, 6.45) is 2.78. The normalized spacial score (nSPS) is 14.0. The third-order valence-electron chi connectivity index (χ3n) is 5.26.